The van der Waals surface area contributed by atoms with Crippen LogP contribution in [0.25, 0.3) is 0 Å². The molecule has 5 nitrogen and oxygen atoms in total. The van der Waals surface area contributed by atoms with Crippen molar-refractivity contribution in [1.29, 1.82) is 0 Å². The zero-order valence-electron chi connectivity index (χ0n) is 12.0. The van der Waals surface area contributed by atoms with E-state index in [1.807, 2.05) is 5.38 Å². The van der Waals surface area contributed by atoms with Crippen molar-refractivity contribution in [3.8, 4) is 0 Å². The molecule has 0 bridgehead atoms. The van der Waals surface area contributed by atoms with E-state index in [-0.39, 0.29) is 30.7 Å². The fourth-order valence-corrected chi connectivity index (χ4v) is 3.82. The van der Waals surface area contributed by atoms with Gasteiger partial charge in [-0.15, -0.1) is 36.2 Å². The molecule has 2 aliphatic heterocycles. The quantitative estimate of drug-likeness (QED) is 0.873. The van der Waals surface area contributed by atoms with Crippen molar-refractivity contribution in [2.75, 3.05) is 31.5 Å². The zero-order chi connectivity index (χ0) is 13.2. The SMILES string of the molecule is CC(=O)Nc1nc(CN2CCC3CNCC3C2)cs1.Cl.Cl. The summed E-state index contributed by atoms with van der Waals surface area (Å²) >= 11 is 1.50. The lowest BCUT2D eigenvalue weighted by atomic mass is 9.89. The van der Waals surface area contributed by atoms with Crippen molar-refractivity contribution in [1.82, 2.24) is 15.2 Å². The molecule has 3 heterocycles. The number of piperidine rings is 1. The maximum atomic E-state index is 11.0. The maximum absolute atomic E-state index is 11.0. The van der Waals surface area contributed by atoms with Gasteiger partial charge in [-0.25, -0.2) is 4.98 Å². The van der Waals surface area contributed by atoms with Crippen LogP contribution in [0.4, 0.5) is 5.13 Å². The lowest BCUT2D eigenvalue weighted by Gasteiger charge is -2.33. The van der Waals surface area contributed by atoms with Crippen molar-refractivity contribution < 1.29 is 4.79 Å². The Kier molecular flexibility index (Phi) is 7.36. The molecule has 0 aliphatic carbocycles. The van der Waals surface area contributed by atoms with E-state index in [0.29, 0.717) is 5.13 Å². The van der Waals surface area contributed by atoms with E-state index in [9.17, 15) is 4.79 Å². The number of fused-ring (bicyclic) bond motifs is 1. The summed E-state index contributed by atoms with van der Waals surface area (Å²) in [5.41, 5.74) is 1.07. The van der Waals surface area contributed by atoms with Crippen molar-refractivity contribution in [2.24, 2.45) is 11.8 Å². The second-order valence-corrected chi connectivity index (χ2v) is 6.39. The summed E-state index contributed by atoms with van der Waals surface area (Å²) in [6, 6.07) is 0. The van der Waals surface area contributed by atoms with E-state index in [1.165, 1.54) is 37.8 Å². The minimum absolute atomic E-state index is 0. The van der Waals surface area contributed by atoms with Gasteiger partial charge in [-0.1, -0.05) is 0 Å². The number of nitrogens with one attached hydrogen (secondary N) is 2. The van der Waals surface area contributed by atoms with Crippen molar-refractivity contribution in [3.63, 3.8) is 0 Å². The number of thiazole rings is 1. The van der Waals surface area contributed by atoms with E-state index in [1.54, 1.807) is 0 Å². The van der Waals surface area contributed by atoms with Gasteiger partial charge in [0.15, 0.2) is 5.13 Å². The largest absolute Gasteiger partial charge is 0.316 e. The Labute approximate surface area is 141 Å². The number of likely N-dealkylation sites (tertiary alicyclic amines) is 1. The van der Waals surface area contributed by atoms with Crippen LogP contribution < -0.4 is 10.6 Å². The monoisotopic (exact) mass is 352 g/mol. The Morgan fingerprint density at radius 2 is 2.24 bits per heavy atom. The first kappa shape index (κ1) is 18.6. The summed E-state index contributed by atoms with van der Waals surface area (Å²) in [5, 5.41) is 8.98. The Balaban J connectivity index is 0.00000110. The Morgan fingerprint density at radius 1 is 1.48 bits per heavy atom. The number of aromatic nitrogens is 1. The number of carbonyl (C=O) groups excluding carboxylic acids is 1. The summed E-state index contributed by atoms with van der Waals surface area (Å²) in [4.78, 5) is 17.9. The highest BCUT2D eigenvalue weighted by atomic mass is 35.5. The van der Waals surface area contributed by atoms with Crippen LogP contribution in [0.1, 0.15) is 19.0 Å². The first-order chi connectivity index (χ1) is 9.20. The molecule has 0 radical (unpaired) electrons. The molecule has 2 fully saturated rings. The molecule has 21 heavy (non-hydrogen) atoms. The van der Waals surface area contributed by atoms with Gasteiger partial charge in [0, 0.05) is 25.4 Å². The van der Waals surface area contributed by atoms with Crippen LogP contribution in [-0.4, -0.2) is 42.0 Å². The molecular formula is C13H22Cl2N4OS. The minimum atomic E-state index is -0.0567. The van der Waals surface area contributed by atoms with Crippen molar-refractivity contribution >= 4 is 47.2 Å². The number of hydrogen-bond acceptors (Lipinski definition) is 5. The Hall–Kier alpha value is -0.400. The maximum Gasteiger partial charge on any atom is 0.223 e. The molecule has 2 aliphatic rings. The summed E-state index contributed by atoms with van der Waals surface area (Å²) in [6.07, 6.45) is 1.29. The van der Waals surface area contributed by atoms with Gasteiger partial charge in [0.1, 0.15) is 0 Å². The standard InChI is InChI=1S/C13H20N4OS.2ClH/c1-9(18)15-13-16-12(8-19-13)7-17-3-2-10-4-14-5-11(10)6-17;;/h8,10-11,14H,2-7H2,1H3,(H,15,16,18);2*1H. The molecule has 2 saturated heterocycles. The normalized spacial score (nSPS) is 24.6. The second kappa shape index (κ2) is 8.29. The Bertz CT molecular complexity index is 471. The van der Waals surface area contributed by atoms with Gasteiger partial charge in [0.2, 0.25) is 5.91 Å². The van der Waals surface area contributed by atoms with Crippen LogP contribution in [0.2, 0.25) is 0 Å². The van der Waals surface area contributed by atoms with Crippen LogP contribution >= 0.6 is 36.2 Å². The molecule has 1 aromatic rings. The predicted molar refractivity (Wildman–Crippen MR) is 90.7 cm³/mol. The van der Waals surface area contributed by atoms with Crippen molar-refractivity contribution in [2.45, 2.75) is 19.9 Å². The molecular weight excluding hydrogens is 331 g/mol. The number of nitrogens with zero attached hydrogens (tertiary/aromatic N) is 2. The average Bonchev–Trinajstić information content (AvgIpc) is 2.97. The fourth-order valence-electron chi connectivity index (χ4n) is 3.07. The lowest BCUT2D eigenvalue weighted by Crippen LogP contribution is -2.39. The number of amides is 1. The molecule has 0 saturated carbocycles. The molecule has 1 aromatic heterocycles. The molecule has 120 valence electrons. The minimum Gasteiger partial charge on any atom is -0.316 e. The highest BCUT2D eigenvalue weighted by Crippen LogP contribution is 2.27. The van der Waals surface area contributed by atoms with Crippen molar-refractivity contribution in [3.05, 3.63) is 11.1 Å². The fraction of sp³-hybridized carbons (Fsp3) is 0.692. The molecule has 1 amide bonds. The highest BCUT2D eigenvalue weighted by Gasteiger charge is 2.32. The number of hydrogen-bond donors (Lipinski definition) is 2. The number of carbonyl (C=O) groups is 1. The summed E-state index contributed by atoms with van der Waals surface area (Å²) < 4.78 is 0. The number of halogens is 2. The predicted octanol–water partition coefficient (Wildman–Crippen LogP) is 1.99. The van der Waals surface area contributed by atoms with Crippen LogP contribution in [0.3, 0.4) is 0 Å². The molecule has 0 spiro atoms. The third-order valence-corrected chi connectivity index (χ3v) is 4.82. The van der Waals surface area contributed by atoms with E-state index < -0.39 is 0 Å². The first-order valence-electron chi connectivity index (χ1n) is 6.86. The third kappa shape index (κ3) is 4.79. The smallest absolute Gasteiger partial charge is 0.223 e. The van der Waals surface area contributed by atoms with Gasteiger partial charge >= 0.3 is 0 Å². The first-order valence-corrected chi connectivity index (χ1v) is 7.74. The summed E-state index contributed by atoms with van der Waals surface area (Å²) in [6.45, 7) is 7.11. The van der Waals surface area contributed by atoms with Crippen LogP contribution in [0.5, 0.6) is 0 Å². The zero-order valence-corrected chi connectivity index (χ0v) is 14.5. The van der Waals surface area contributed by atoms with E-state index in [0.717, 1.165) is 37.2 Å². The molecule has 2 atom stereocenters. The van der Waals surface area contributed by atoms with Crippen LogP contribution in [-0.2, 0) is 11.3 Å². The second-order valence-electron chi connectivity index (χ2n) is 5.53. The average molecular weight is 353 g/mol. The highest BCUT2D eigenvalue weighted by molar-refractivity contribution is 7.13. The number of rotatable bonds is 3. The van der Waals surface area contributed by atoms with Gasteiger partial charge in [-0.2, -0.15) is 0 Å². The van der Waals surface area contributed by atoms with E-state index in [4.69, 9.17) is 0 Å². The van der Waals surface area contributed by atoms with Crippen LogP contribution in [0, 0.1) is 11.8 Å². The van der Waals surface area contributed by atoms with Gasteiger partial charge in [-0.3, -0.25) is 9.69 Å². The van der Waals surface area contributed by atoms with Gasteiger partial charge < -0.3 is 10.6 Å². The Morgan fingerprint density at radius 3 is 3.00 bits per heavy atom. The van der Waals surface area contributed by atoms with Gasteiger partial charge in [0.25, 0.3) is 0 Å². The lowest BCUT2D eigenvalue weighted by molar-refractivity contribution is -0.114. The summed E-state index contributed by atoms with van der Waals surface area (Å²) in [5.74, 6) is 1.63. The molecule has 8 heteroatoms. The summed E-state index contributed by atoms with van der Waals surface area (Å²) in [7, 11) is 0. The molecule has 0 aromatic carbocycles. The molecule has 2 N–H and O–H groups in total. The van der Waals surface area contributed by atoms with Gasteiger partial charge in [0.05, 0.1) is 5.69 Å². The molecule has 2 unspecified atom stereocenters. The third-order valence-electron chi connectivity index (χ3n) is 4.01. The van der Waals surface area contributed by atoms with E-state index >= 15 is 0 Å². The topological polar surface area (TPSA) is 57.3 Å². The molecule has 3 rings (SSSR count). The van der Waals surface area contributed by atoms with E-state index in [2.05, 4.69) is 20.5 Å². The van der Waals surface area contributed by atoms with Crippen LogP contribution in [0.15, 0.2) is 5.38 Å². The van der Waals surface area contributed by atoms with Gasteiger partial charge in [-0.05, 0) is 37.9 Å². The number of anilines is 1.